The monoisotopic (exact) mass is 189 g/mol. The molecule has 0 aromatic heterocycles. The van der Waals surface area contributed by atoms with Gasteiger partial charge in [-0.25, -0.2) is 0 Å². The van der Waals surface area contributed by atoms with Crippen molar-refractivity contribution in [2.75, 3.05) is 0 Å². The molecule has 71 valence electrons. The highest BCUT2D eigenvalue weighted by Crippen LogP contribution is 2.11. The van der Waals surface area contributed by atoms with Crippen LogP contribution in [0.15, 0.2) is 0 Å². The first-order valence-electron chi connectivity index (χ1n) is 4.15. The molecular weight excluding hydrogens is 172 g/mol. The molecule has 0 rings (SSSR count). The first-order valence-corrected chi connectivity index (χ1v) is 5.54. The summed E-state index contributed by atoms with van der Waals surface area (Å²) in [5.74, 6) is -0.252. The Hall–Kier alpha value is -0.353. The number of rotatable bonds is 4. The molecular formula is C8H17O3Si. The van der Waals surface area contributed by atoms with E-state index in [4.69, 9.17) is 8.85 Å². The lowest BCUT2D eigenvalue weighted by Gasteiger charge is -2.19. The third-order valence-corrected chi connectivity index (χ3v) is 3.20. The van der Waals surface area contributed by atoms with Crippen molar-refractivity contribution in [1.29, 1.82) is 0 Å². The lowest BCUT2D eigenvalue weighted by Crippen LogP contribution is -2.31. The second-order valence-electron chi connectivity index (χ2n) is 3.23. The summed E-state index contributed by atoms with van der Waals surface area (Å²) in [4.78, 5) is 10.7. The molecule has 0 unspecified atom stereocenters. The van der Waals surface area contributed by atoms with E-state index in [1.807, 2.05) is 27.7 Å². The smallest absolute Gasteiger partial charge is 0.462 e. The van der Waals surface area contributed by atoms with Gasteiger partial charge in [0.25, 0.3) is 5.97 Å². The normalized spacial score (nSPS) is 11.3. The summed E-state index contributed by atoms with van der Waals surface area (Å²) >= 11 is 0. The van der Waals surface area contributed by atoms with Gasteiger partial charge >= 0.3 is 9.28 Å². The fraction of sp³-hybridized carbons (Fsp3) is 0.875. The third kappa shape index (κ3) is 5.32. The van der Waals surface area contributed by atoms with Gasteiger partial charge in [0.05, 0.1) is 0 Å². The zero-order valence-electron chi connectivity index (χ0n) is 8.38. The van der Waals surface area contributed by atoms with E-state index < -0.39 is 9.28 Å². The Labute approximate surface area is 75.9 Å². The van der Waals surface area contributed by atoms with Crippen LogP contribution < -0.4 is 0 Å². The van der Waals surface area contributed by atoms with Gasteiger partial charge in [0, 0.05) is 18.6 Å². The van der Waals surface area contributed by atoms with Crippen LogP contribution in [-0.4, -0.2) is 21.4 Å². The van der Waals surface area contributed by atoms with Gasteiger partial charge in [-0.05, 0) is 13.8 Å². The summed E-state index contributed by atoms with van der Waals surface area (Å²) in [6, 6.07) is 0. The minimum atomic E-state index is -1.41. The van der Waals surface area contributed by atoms with Crippen molar-refractivity contribution < 1.29 is 13.6 Å². The Kier molecular flexibility index (Phi) is 5.16. The maximum Gasteiger partial charge on any atom is 0.462 e. The van der Waals surface area contributed by atoms with Crippen LogP contribution >= 0.6 is 0 Å². The highest BCUT2D eigenvalue weighted by atomic mass is 28.3. The van der Waals surface area contributed by atoms with Crippen molar-refractivity contribution in [3.8, 4) is 0 Å². The predicted octanol–water partition coefficient (Wildman–Crippen LogP) is 1.87. The minimum absolute atomic E-state index is 0.126. The molecule has 0 saturated heterocycles. The number of hydrogen-bond donors (Lipinski definition) is 0. The van der Waals surface area contributed by atoms with Gasteiger partial charge in [-0.2, -0.15) is 0 Å². The topological polar surface area (TPSA) is 35.5 Å². The van der Waals surface area contributed by atoms with Gasteiger partial charge in [-0.3, -0.25) is 4.79 Å². The molecule has 0 N–H and O–H groups in total. The standard InChI is InChI=1S/C8H17O3Si/c1-6(2)10-12(7(3)4)11-8(5)9/h6-7H,1-5H3. The van der Waals surface area contributed by atoms with Crippen molar-refractivity contribution in [2.45, 2.75) is 46.3 Å². The van der Waals surface area contributed by atoms with E-state index >= 15 is 0 Å². The summed E-state index contributed by atoms with van der Waals surface area (Å²) in [5.41, 5.74) is 0.293. The molecule has 0 aliphatic heterocycles. The van der Waals surface area contributed by atoms with Crippen molar-refractivity contribution >= 4 is 15.3 Å². The van der Waals surface area contributed by atoms with Crippen LogP contribution in [0.2, 0.25) is 5.54 Å². The van der Waals surface area contributed by atoms with Crippen LogP contribution in [0.4, 0.5) is 0 Å². The molecule has 3 nitrogen and oxygen atoms in total. The molecule has 0 aromatic carbocycles. The van der Waals surface area contributed by atoms with E-state index in [0.29, 0.717) is 5.54 Å². The van der Waals surface area contributed by atoms with E-state index in [2.05, 4.69) is 0 Å². The van der Waals surface area contributed by atoms with Crippen LogP contribution in [0.1, 0.15) is 34.6 Å². The Morgan fingerprint density at radius 2 is 1.75 bits per heavy atom. The van der Waals surface area contributed by atoms with Gasteiger partial charge in [0.2, 0.25) is 0 Å². The molecule has 0 aromatic rings. The molecule has 0 amide bonds. The lowest BCUT2D eigenvalue weighted by molar-refractivity contribution is -0.133. The zero-order valence-corrected chi connectivity index (χ0v) is 9.38. The van der Waals surface area contributed by atoms with Gasteiger partial charge in [-0.1, -0.05) is 13.8 Å². The average Bonchev–Trinajstić information content (AvgIpc) is 1.83. The largest absolute Gasteiger partial charge is 0.492 e. The van der Waals surface area contributed by atoms with Crippen molar-refractivity contribution in [1.82, 2.24) is 0 Å². The molecule has 0 aliphatic carbocycles. The molecule has 0 spiro atoms. The van der Waals surface area contributed by atoms with Crippen molar-refractivity contribution in [2.24, 2.45) is 0 Å². The minimum Gasteiger partial charge on any atom is -0.492 e. The Bertz CT molecular complexity index is 145. The van der Waals surface area contributed by atoms with Gasteiger partial charge in [-0.15, -0.1) is 0 Å². The van der Waals surface area contributed by atoms with Crippen molar-refractivity contribution in [3.05, 3.63) is 0 Å². The van der Waals surface area contributed by atoms with Gasteiger partial charge in [0.1, 0.15) is 0 Å². The second-order valence-corrected chi connectivity index (χ2v) is 5.47. The molecule has 0 fully saturated rings. The van der Waals surface area contributed by atoms with Gasteiger partial charge in [0.15, 0.2) is 0 Å². The quantitative estimate of drug-likeness (QED) is 0.633. The first kappa shape index (κ1) is 11.6. The summed E-state index contributed by atoms with van der Waals surface area (Å²) in [6.45, 7) is 9.29. The highest BCUT2D eigenvalue weighted by molar-refractivity contribution is 6.48. The highest BCUT2D eigenvalue weighted by Gasteiger charge is 2.25. The van der Waals surface area contributed by atoms with Crippen LogP contribution in [0, 0.1) is 0 Å². The first-order chi connectivity index (χ1) is 5.43. The predicted molar refractivity (Wildman–Crippen MR) is 48.8 cm³/mol. The molecule has 0 aliphatic rings. The van der Waals surface area contributed by atoms with E-state index in [0.717, 1.165) is 0 Å². The van der Waals surface area contributed by atoms with E-state index in [1.165, 1.54) is 6.92 Å². The van der Waals surface area contributed by atoms with E-state index in [1.54, 1.807) is 0 Å². The van der Waals surface area contributed by atoms with Crippen LogP contribution in [0.5, 0.6) is 0 Å². The SMILES string of the molecule is CC(=O)O[Si](OC(C)C)C(C)C. The number of carbonyl (C=O) groups is 1. The Morgan fingerprint density at radius 1 is 1.25 bits per heavy atom. The van der Waals surface area contributed by atoms with Crippen molar-refractivity contribution in [3.63, 3.8) is 0 Å². The maximum absolute atomic E-state index is 10.7. The molecule has 1 radical (unpaired) electrons. The zero-order chi connectivity index (χ0) is 9.72. The van der Waals surface area contributed by atoms with Crippen LogP contribution in [0.3, 0.4) is 0 Å². The lowest BCUT2D eigenvalue weighted by atomic mass is 10.5. The molecule has 0 heterocycles. The Balaban J connectivity index is 3.95. The fourth-order valence-electron chi connectivity index (χ4n) is 0.652. The second kappa shape index (κ2) is 5.32. The molecule has 0 saturated carbocycles. The molecule has 4 heteroatoms. The van der Waals surface area contributed by atoms with Gasteiger partial charge < -0.3 is 8.85 Å². The molecule has 12 heavy (non-hydrogen) atoms. The number of hydrogen-bond acceptors (Lipinski definition) is 3. The van der Waals surface area contributed by atoms with E-state index in [-0.39, 0.29) is 12.1 Å². The fourth-order valence-corrected chi connectivity index (χ4v) is 1.96. The van der Waals surface area contributed by atoms with E-state index in [9.17, 15) is 4.79 Å². The Morgan fingerprint density at radius 3 is 2.00 bits per heavy atom. The summed E-state index contributed by atoms with van der Waals surface area (Å²) in [7, 11) is -1.41. The summed E-state index contributed by atoms with van der Waals surface area (Å²) in [6.07, 6.45) is 0.126. The maximum atomic E-state index is 10.7. The molecule has 0 bridgehead atoms. The average molecular weight is 189 g/mol. The van der Waals surface area contributed by atoms with Crippen LogP contribution in [-0.2, 0) is 13.6 Å². The molecule has 0 atom stereocenters. The number of carbonyl (C=O) groups excluding carboxylic acids is 1. The third-order valence-electron chi connectivity index (χ3n) is 1.07. The van der Waals surface area contributed by atoms with Crippen LogP contribution in [0.25, 0.3) is 0 Å². The summed E-state index contributed by atoms with van der Waals surface area (Å²) in [5, 5.41) is 0. The summed E-state index contributed by atoms with van der Waals surface area (Å²) < 4.78 is 10.5.